The highest BCUT2D eigenvalue weighted by molar-refractivity contribution is 5.89. The molecule has 0 fully saturated rings. The molecule has 1 aliphatic carbocycles. The molecule has 7 heteroatoms. The minimum absolute atomic E-state index is 0.0793. The maximum Gasteiger partial charge on any atom is 0.319 e. The number of rotatable bonds is 5. The predicted octanol–water partition coefficient (Wildman–Crippen LogP) is 2.39. The molecule has 0 bridgehead atoms. The molecule has 1 heterocycles. The lowest BCUT2D eigenvalue weighted by molar-refractivity contribution is 0.248. The molecule has 0 saturated heterocycles. The Kier molecular flexibility index (Phi) is 4.80. The lowest BCUT2D eigenvalue weighted by Crippen LogP contribution is -2.31. The molecule has 0 radical (unpaired) electrons. The molecule has 0 saturated carbocycles. The average molecular weight is 331 g/mol. The summed E-state index contributed by atoms with van der Waals surface area (Å²) in [5.74, 6) is -0.232. The number of anilines is 1. The largest absolute Gasteiger partial charge is 0.331 e. The van der Waals surface area contributed by atoms with Crippen LogP contribution in [0.4, 0.5) is 14.9 Å². The fourth-order valence-electron chi connectivity index (χ4n) is 2.91. The SMILES string of the molecule is CN(C)CCn1cc(NC(=O)NC2CCc3cc(F)ccc32)cn1. The fourth-order valence-corrected chi connectivity index (χ4v) is 2.91. The number of carbonyl (C=O) groups is 1. The van der Waals surface area contributed by atoms with Gasteiger partial charge < -0.3 is 15.5 Å². The van der Waals surface area contributed by atoms with Gasteiger partial charge in [-0.25, -0.2) is 9.18 Å². The van der Waals surface area contributed by atoms with Crippen molar-refractivity contribution in [3.63, 3.8) is 0 Å². The highest BCUT2D eigenvalue weighted by Crippen LogP contribution is 2.31. The third-order valence-corrected chi connectivity index (χ3v) is 4.16. The first-order valence-corrected chi connectivity index (χ1v) is 8.04. The Morgan fingerprint density at radius 2 is 2.29 bits per heavy atom. The summed E-state index contributed by atoms with van der Waals surface area (Å²) in [5, 5.41) is 9.97. The highest BCUT2D eigenvalue weighted by atomic mass is 19.1. The van der Waals surface area contributed by atoms with Gasteiger partial charge in [-0.05, 0) is 50.2 Å². The van der Waals surface area contributed by atoms with Crippen LogP contribution in [0.15, 0.2) is 30.6 Å². The summed E-state index contributed by atoms with van der Waals surface area (Å²) in [6, 6.07) is 4.38. The standard InChI is InChI=1S/C17H22FN5O/c1-22(2)7-8-23-11-14(10-19-23)20-17(24)21-16-6-3-12-9-13(18)4-5-15(12)16/h4-5,9-11,16H,3,6-8H2,1-2H3,(H2,20,21,24). The second-order valence-corrected chi connectivity index (χ2v) is 6.33. The van der Waals surface area contributed by atoms with Crippen LogP contribution in [0.2, 0.25) is 0 Å². The Bertz CT molecular complexity index is 728. The van der Waals surface area contributed by atoms with Crippen LogP contribution in [0.5, 0.6) is 0 Å². The highest BCUT2D eigenvalue weighted by Gasteiger charge is 2.24. The van der Waals surface area contributed by atoms with Crippen molar-refractivity contribution in [3.05, 3.63) is 47.5 Å². The Morgan fingerprint density at radius 3 is 3.08 bits per heavy atom. The zero-order chi connectivity index (χ0) is 17.1. The topological polar surface area (TPSA) is 62.2 Å². The number of nitrogens with one attached hydrogen (secondary N) is 2. The van der Waals surface area contributed by atoms with Crippen molar-refractivity contribution >= 4 is 11.7 Å². The number of amides is 2. The lowest BCUT2D eigenvalue weighted by atomic mass is 10.1. The molecule has 0 aliphatic heterocycles. The van der Waals surface area contributed by atoms with Crippen molar-refractivity contribution in [2.45, 2.75) is 25.4 Å². The maximum absolute atomic E-state index is 13.2. The van der Waals surface area contributed by atoms with E-state index in [1.54, 1.807) is 29.2 Å². The van der Waals surface area contributed by atoms with Crippen LogP contribution in [0.3, 0.4) is 0 Å². The van der Waals surface area contributed by atoms with Gasteiger partial charge in [0.15, 0.2) is 0 Å². The number of benzene rings is 1. The van der Waals surface area contributed by atoms with Crippen molar-refractivity contribution in [3.8, 4) is 0 Å². The zero-order valence-corrected chi connectivity index (χ0v) is 13.9. The van der Waals surface area contributed by atoms with Crippen LogP contribution in [0.1, 0.15) is 23.6 Å². The molecule has 1 aliphatic rings. The van der Waals surface area contributed by atoms with E-state index in [4.69, 9.17) is 0 Å². The van der Waals surface area contributed by atoms with Crippen LogP contribution in [-0.2, 0) is 13.0 Å². The van der Waals surface area contributed by atoms with E-state index in [-0.39, 0.29) is 17.9 Å². The van der Waals surface area contributed by atoms with Crippen molar-refractivity contribution < 1.29 is 9.18 Å². The van der Waals surface area contributed by atoms with Gasteiger partial charge in [0, 0.05) is 12.7 Å². The summed E-state index contributed by atoms with van der Waals surface area (Å²) in [4.78, 5) is 14.3. The summed E-state index contributed by atoms with van der Waals surface area (Å²) in [7, 11) is 4.00. The monoisotopic (exact) mass is 331 g/mol. The first-order valence-electron chi connectivity index (χ1n) is 8.04. The van der Waals surface area contributed by atoms with E-state index in [2.05, 4.69) is 20.6 Å². The first kappa shape index (κ1) is 16.4. The summed E-state index contributed by atoms with van der Waals surface area (Å²) in [6.07, 6.45) is 5.00. The molecule has 24 heavy (non-hydrogen) atoms. The van der Waals surface area contributed by atoms with E-state index in [9.17, 15) is 9.18 Å². The van der Waals surface area contributed by atoms with E-state index < -0.39 is 0 Å². The molecule has 128 valence electrons. The van der Waals surface area contributed by atoms with Gasteiger partial charge in [0.05, 0.1) is 24.5 Å². The number of urea groups is 1. The fraction of sp³-hybridized carbons (Fsp3) is 0.412. The molecule has 6 nitrogen and oxygen atoms in total. The third-order valence-electron chi connectivity index (χ3n) is 4.16. The molecule has 1 unspecified atom stereocenters. The second-order valence-electron chi connectivity index (χ2n) is 6.33. The Hall–Kier alpha value is -2.41. The number of carbonyl (C=O) groups excluding carboxylic acids is 1. The number of nitrogens with zero attached hydrogens (tertiary/aromatic N) is 3. The summed E-state index contributed by atoms with van der Waals surface area (Å²) < 4.78 is 15.0. The van der Waals surface area contributed by atoms with Gasteiger partial charge in [-0.15, -0.1) is 0 Å². The minimum atomic E-state index is -0.274. The van der Waals surface area contributed by atoms with Gasteiger partial charge in [-0.2, -0.15) is 5.10 Å². The van der Waals surface area contributed by atoms with Crippen LogP contribution >= 0.6 is 0 Å². The van der Waals surface area contributed by atoms with E-state index in [0.29, 0.717) is 5.69 Å². The van der Waals surface area contributed by atoms with E-state index in [1.165, 1.54) is 6.07 Å². The van der Waals surface area contributed by atoms with Crippen molar-refractivity contribution in [2.24, 2.45) is 0 Å². The number of hydrogen-bond donors (Lipinski definition) is 2. The Labute approximate surface area is 140 Å². The predicted molar refractivity (Wildman–Crippen MR) is 90.4 cm³/mol. The normalized spacial score (nSPS) is 16.2. The quantitative estimate of drug-likeness (QED) is 0.884. The van der Waals surface area contributed by atoms with Gasteiger partial charge in [0.25, 0.3) is 0 Å². The molecule has 1 aromatic carbocycles. The molecule has 0 spiro atoms. The molecule has 2 N–H and O–H groups in total. The number of fused-ring (bicyclic) bond motifs is 1. The van der Waals surface area contributed by atoms with Gasteiger partial charge in [-0.1, -0.05) is 6.07 Å². The maximum atomic E-state index is 13.2. The molecule has 2 aromatic rings. The third kappa shape index (κ3) is 3.91. The van der Waals surface area contributed by atoms with Gasteiger partial charge >= 0.3 is 6.03 Å². The van der Waals surface area contributed by atoms with Crippen LogP contribution in [0.25, 0.3) is 0 Å². The van der Waals surface area contributed by atoms with Crippen LogP contribution < -0.4 is 10.6 Å². The van der Waals surface area contributed by atoms with E-state index >= 15 is 0 Å². The average Bonchev–Trinajstić information content (AvgIpc) is 3.12. The number of likely N-dealkylation sites (N-methyl/N-ethyl adjacent to an activating group) is 1. The van der Waals surface area contributed by atoms with E-state index in [0.717, 1.165) is 37.1 Å². The number of aryl methyl sites for hydroxylation is 1. The summed E-state index contributed by atoms with van der Waals surface area (Å²) in [5.41, 5.74) is 2.62. The van der Waals surface area contributed by atoms with Crippen LogP contribution in [0, 0.1) is 5.82 Å². The minimum Gasteiger partial charge on any atom is -0.331 e. The lowest BCUT2D eigenvalue weighted by Gasteiger charge is -2.14. The Morgan fingerprint density at radius 1 is 1.46 bits per heavy atom. The van der Waals surface area contributed by atoms with Crippen LogP contribution in [-0.4, -0.2) is 41.4 Å². The Balaban J connectivity index is 1.55. The zero-order valence-electron chi connectivity index (χ0n) is 13.9. The molecule has 1 aromatic heterocycles. The first-order chi connectivity index (χ1) is 11.5. The summed E-state index contributed by atoms with van der Waals surface area (Å²) in [6.45, 7) is 1.64. The molecular formula is C17H22FN5O. The van der Waals surface area contributed by atoms with Gasteiger partial charge in [0.1, 0.15) is 5.82 Å². The molecule has 2 amide bonds. The van der Waals surface area contributed by atoms with Gasteiger partial charge in [-0.3, -0.25) is 4.68 Å². The smallest absolute Gasteiger partial charge is 0.319 e. The van der Waals surface area contributed by atoms with Crippen molar-refractivity contribution in [1.29, 1.82) is 0 Å². The van der Waals surface area contributed by atoms with E-state index in [1.807, 2.05) is 14.1 Å². The number of aromatic nitrogens is 2. The molecular weight excluding hydrogens is 309 g/mol. The summed E-state index contributed by atoms with van der Waals surface area (Å²) >= 11 is 0. The molecule has 1 atom stereocenters. The number of halogens is 1. The second kappa shape index (κ2) is 7.00. The van der Waals surface area contributed by atoms with Crippen molar-refractivity contribution in [1.82, 2.24) is 20.0 Å². The number of hydrogen-bond acceptors (Lipinski definition) is 3. The van der Waals surface area contributed by atoms with Gasteiger partial charge in [0.2, 0.25) is 0 Å². The van der Waals surface area contributed by atoms with Crippen molar-refractivity contribution in [2.75, 3.05) is 26.0 Å². The molecule has 3 rings (SSSR count).